The maximum absolute atomic E-state index is 5.78. The van der Waals surface area contributed by atoms with Gasteiger partial charge in [0.2, 0.25) is 0 Å². The van der Waals surface area contributed by atoms with Gasteiger partial charge in [-0.3, -0.25) is 4.90 Å². The number of rotatable bonds is 4. The van der Waals surface area contributed by atoms with Crippen molar-refractivity contribution in [3.8, 4) is 5.75 Å². The van der Waals surface area contributed by atoms with Gasteiger partial charge in [-0.05, 0) is 13.0 Å². The summed E-state index contributed by atoms with van der Waals surface area (Å²) in [7, 11) is 0. The lowest BCUT2D eigenvalue weighted by Crippen LogP contribution is -2.52. The Balaban J connectivity index is 1.54. The van der Waals surface area contributed by atoms with Gasteiger partial charge in [-0.1, -0.05) is 18.2 Å². The number of hydrogen-bond donors (Lipinski definition) is 1. The van der Waals surface area contributed by atoms with Gasteiger partial charge in [0, 0.05) is 56.8 Å². The zero-order valence-electron chi connectivity index (χ0n) is 12.3. The number of para-hydroxylation sites is 1. The number of nitrogens with zero attached hydrogens (tertiary/aromatic N) is 2. The second-order valence-electron chi connectivity index (χ2n) is 5.97. The Morgan fingerprint density at radius 1 is 1.25 bits per heavy atom. The quantitative estimate of drug-likeness (QED) is 0.894. The summed E-state index contributed by atoms with van der Waals surface area (Å²) in [5.74, 6) is 1.61. The molecule has 4 nitrogen and oxygen atoms in total. The van der Waals surface area contributed by atoms with E-state index < -0.39 is 0 Å². The van der Waals surface area contributed by atoms with Crippen molar-refractivity contribution < 1.29 is 4.74 Å². The molecule has 0 radical (unpaired) electrons. The summed E-state index contributed by atoms with van der Waals surface area (Å²) >= 11 is 0. The van der Waals surface area contributed by atoms with Crippen LogP contribution in [0.4, 0.5) is 0 Å². The van der Waals surface area contributed by atoms with Crippen LogP contribution in [0, 0.1) is 0 Å². The van der Waals surface area contributed by atoms with Gasteiger partial charge in [-0.25, -0.2) is 0 Å². The van der Waals surface area contributed by atoms with Crippen LogP contribution in [0.3, 0.4) is 0 Å². The van der Waals surface area contributed by atoms with Gasteiger partial charge in [-0.2, -0.15) is 0 Å². The minimum absolute atomic E-state index is 0.507. The molecule has 0 saturated carbocycles. The van der Waals surface area contributed by atoms with Crippen LogP contribution < -0.4 is 10.5 Å². The molecule has 0 spiro atoms. The highest BCUT2D eigenvalue weighted by Crippen LogP contribution is 2.33. The zero-order chi connectivity index (χ0) is 13.9. The van der Waals surface area contributed by atoms with Gasteiger partial charge in [0.05, 0.1) is 6.61 Å². The minimum atomic E-state index is 0.507. The lowest BCUT2D eigenvalue weighted by atomic mass is 10.0. The second kappa shape index (κ2) is 6.12. The van der Waals surface area contributed by atoms with Crippen LogP contribution in [0.15, 0.2) is 24.3 Å². The monoisotopic (exact) mass is 275 g/mol. The molecule has 1 aromatic carbocycles. The number of ether oxygens (including phenoxy) is 1. The van der Waals surface area contributed by atoms with E-state index in [1.54, 1.807) is 0 Å². The minimum Gasteiger partial charge on any atom is -0.493 e. The molecule has 0 bridgehead atoms. The molecule has 0 amide bonds. The Morgan fingerprint density at radius 3 is 2.75 bits per heavy atom. The van der Waals surface area contributed by atoms with Gasteiger partial charge in [0.25, 0.3) is 0 Å². The van der Waals surface area contributed by atoms with E-state index in [4.69, 9.17) is 10.5 Å². The van der Waals surface area contributed by atoms with Crippen molar-refractivity contribution in [3.05, 3.63) is 29.8 Å². The first kappa shape index (κ1) is 13.9. The van der Waals surface area contributed by atoms with Gasteiger partial charge in [0.15, 0.2) is 0 Å². The van der Waals surface area contributed by atoms with Crippen LogP contribution in [0.5, 0.6) is 5.75 Å². The summed E-state index contributed by atoms with van der Waals surface area (Å²) in [6.45, 7) is 9.47. The predicted octanol–water partition coefficient (Wildman–Crippen LogP) is 1.13. The van der Waals surface area contributed by atoms with Crippen molar-refractivity contribution in [2.24, 2.45) is 5.73 Å². The SMILES string of the molecule is CC(CN)N1CCN(CC2COc3ccccc32)CC1. The second-order valence-corrected chi connectivity index (χ2v) is 5.97. The normalized spacial score (nSPS) is 25.2. The summed E-state index contributed by atoms with van der Waals surface area (Å²) in [6, 6.07) is 8.96. The van der Waals surface area contributed by atoms with Gasteiger partial charge in [0.1, 0.15) is 5.75 Å². The summed E-state index contributed by atoms with van der Waals surface area (Å²) in [5, 5.41) is 0. The van der Waals surface area contributed by atoms with Crippen LogP contribution >= 0.6 is 0 Å². The third kappa shape index (κ3) is 2.82. The van der Waals surface area contributed by atoms with E-state index in [-0.39, 0.29) is 0 Å². The molecule has 3 rings (SSSR count). The molecule has 2 aliphatic heterocycles. The fourth-order valence-electron chi connectivity index (χ4n) is 3.23. The van der Waals surface area contributed by atoms with E-state index in [0.29, 0.717) is 12.0 Å². The lowest BCUT2D eigenvalue weighted by Gasteiger charge is -2.38. The topological polar surface area (TPSA) is 41.7 Å². The highest BCUT2D eigenvalue weighted by molar-refractivity contribution is 5.39. The molecule has 2 aliphatic rings. The van der Waals surface area contributed by atoms with Crippen molar-refractivity contribution in [3.63, 3.8) is 0 Å². The van der Waals surface area contributed by atoms with Crippen LogP contribution in [0.1, 0.15) is 18.4 Å². The van der Waals surface area contributed by atoms with Crippen molar-refractivity contribution >= 4 is 0 Å². The van der Waals surface area contributed by atoms with E-state index in [1.807, 2.05) is 6.07 Å². The molecule has 2 unspecified atom stereocenters. The predicted molar refractivity (Wildman–Crippen MR) is 81.2 cm³/mol. The van der Waals surface area contributed by atoms with Crippen molar-refractivity contribution in [2.75, 3.05) is 45.9 Å². The van der Waals surface area contributed by atoms with Crippen molar-refractivity contribution in [1.82, 2.24) is 9.80 Å². The Hall–Kier alpha value is -1.10. The molecule has 1 aromatic rings. The van der Waals surface area contributed by atoms with Gasteiger partial charge >= 0.3 is 0 Å². The molecular weight excluding hydrogens is 250 g/mol. The fourth-order valence-corrected chi connectivity index (χ4v) is 3.23. The molecule has 20 heavy (non-hydrogen) atoms. The molecule has 1 saturated heterocycles. The average Bonchev–Trinajstić information content (AvgIpc) is 2.91. The highest BCUT2D eigenvalue weighted by Gasteiger charge is 2.27. The number of benzene rings is 1. The molecule has 110 valence electrons. The van der Waals surface area contributed by atoms with Gasteiger partial charge < -0.3 is 15.4 Å². The molecule has 4 heteroatoms. The van der Waals surface area contributed by atoms with E-state index >= 15 is 0 Å². The number of nitrogens with two attached hydrogens (primary N) is 1. The van der Waals surface area contributed by atoms with Crippen LogP contribution in [-0.2, 0) is 0 Å². The van der Waals surface area contributed by atoms with E-state index in [2.05, 4.69) is 34.9 Å². The first-order valence-corrected chi connectivity index (χ1v) is 7.66. The molecule has 0 aromatic heterocycles. The maximum Gasteiger partial charge on any atom is 0.122 e. The Morgan fingerprint density at radius 2 is 2.00 bits per heavy atom. The molecule has 2 heterocycles. The molecule has 2 atom stereocenters. The van der Waals surface area contributed by atoms with E-state index in [0.717, 1.165) is 51.6 Å². The molecule has 2 N–H and O–H groups in total. The van der Waals surface area contributed by atoms with Crippen LogP contribution in [-0.4, -0.2) is 61.7 Å². The highest BCUT2D eigenvalue weighted by atomic mass is 16.5. The van der Waals surface area contributed by atoms with Crippen molar-refractivity contribution in [2.45, 2.75) is 18.9 Å². The van der Waals surface area contributed by atoms with Gasteiger partial charge in [-0.15, -0.1) is 0 Å². The Kier molecular flexibility index (Phi) is 4.24. The summed E-state index contributed by atoms with van der Waals surface area (Å²) in [5.41, 5.74) is 7.13. The molecular formula is C16H25N3O. The third-order valence-electron chi connectivity index (χ3n) is 4.65. The van der Waals surface area contributed by atoms with E-state index in [9.17, 15) is 0 Å². The average molecular weight is 275 g/mol. The number of piperazine rings is 1. The van der Waals surface area contributed by atoms with Crippen LogP contribution in [0.25, 0.3) is 0 Å². The standard InChI is InChI=1S/C16H25N3O/c1-13(10-17)19-8-6-18(7-9-19)11-14-12-20-16-5-3-2-4-15(14)16/h2-5,13-14H,6-12,17H2,1H3. The van der Waals surface area contributed by atoms with E-state index in [1.165, 1.54) is 5.56 Å². The first-order valence-electron chi connectivity index (χ1n) is 7.66. The Bertz CT molecular complexity index is 443. The summed E-state index contributed by atoms with van der Waals surface area (Å²) in [6.07, 6.45) is 0. The maximum atomic E-state index is 5.78. The Labute approximate surface area is 121 Å². The smallest absolute Gasteiger partial charge is 0.122 e. The summed E-state index contributed by atoms with van der Waals surface area (Å²) < 4.78 is 5.78. The molecule has 1 fully saturated rings. The zero-order valence-corrected chi connectivity index (χ0v) is 12.3. The number of fused-ring (bicyclic) bond motifs is 1. The number of hydrogen-bond acceptors (Lipinski definition) is 4. The molecule has 0 aliphatic carbocycles. The van der Waals surface area contributed by atoms with Crippen LogP contribution in [0.2, 0.25) is 0 Å². The lowest BCUT2D eigenvalue weighted by molar-refractivity contribution is 0.0984. The van der Waals surface area contributed by atoms with Crippen molar-refractivity contribution in [1.29, 1.82) is 0 Å². The largest absolute Gasteiger partial charge is 0.493 e. The first-order chi connectivity index (χ1) is 9.78. The fraction of sp³-hybridized carbons (Fsp3) is 0.625. The summed E-state index contributed by atoms with van der Waals surface area (Å²) in [4.78, 5) is 5.06. The third-order valence-corrected chi connectivity index (χ3v) is 4.65.